The van der Waals surface area contributed by atoms with Crippen molar-refractivity contribution in [2.45, 2.75) is 19.9 Å². The van der Waals surface area contributed by atoms with E-state index in [4.69, 9.17) is 11.6 Å². The number of thiophene rings is 1. The monoisotopic (exact) mass is 421 g/mol. The molecule has 1 unspecified atom stereocenters. The van der Waals surface area contributed by atoms with Gasteiger partial charge >= 0.3 is 0 Å². The molecule has 0 radical (unpaired) electrons. The highest BCUT2D eigenvalue weighted by Gasteiger charge is 2.17. The van der Waals surface area contributed by atoms with Crippen LogP contribution in [0.2, 0.25) is 5.02 Å². The maximum atomic E-state index is 6.20. The predicted octanol–water partition coefficient (Wildman–Crippen LogP) is 5.93. The number of benzene rings is 1. The van der Waals surface area contributed by atoms with E-state index in [0.717, 1.165) is 16.0 Å². The molecule has 0 amide bonds. The van der Waals surface area contributed by atoms with Crippen LogP contribution in [0.15, 0.2) is 32.5 Å². The van der Waals surface area contributed by atoms with Crippen molar-refractivity contribution in [1.82, 2.24) is 5.32 Å². The molecule has 0 saturated carbocycles. The lowest BCUT2D eigenvalue weighted by Crippen LogP contribution is -2.21. The van der Waals surface area contributed by atoms with Gasteiger partial charge in [0, 0.05) is 9.35 Å². The van der Waals surface area contributed by atoms with Gasteiger partial charge in [-0.3, -0.25) is 0 Å². The number of aryl methyl sites for hydroxylation is 1. The lowest BCUT2D eigenvalue weighted by atomic mass is 10.0. The molecule has 102 valence electrons. The maximum Gasteiger partial charge on any atom is 0.0731 e. The molecular formula is C14H14Br2ClNS. The first-order chi connectivity index (χ1) is 9.02. The molecule has 0 aliphatic heterocycles. The average molecular weight is 424 g/mol. The zero-order valence-electron chi connectivity index (χ0n) is 10.6. The molecule has 0 aliphatic rings. The van der Waals surface area contributed by atoms with Crippen molar-refractivity contribution in [3.63, 3.8) is 0 Å². The zero-order chi connectivity index (χ0) is 14.0. The van der Waals surface area contributed by atoms with Crippen molar-refractivity contribution in [3.8, 4) is 0 Å². The summed E-state index contributed by atoms with van der Waals surface area (Å²) in [4.78, 5) is 1.30. The molecule has 1 aromatic heterocycles. The summed E-state index contributed by atoms with van der Waals surface area (Å²) in [5.41, 5.74) is 2.45. The van der Waals surface area contributed by atoms with E-state index in [2.05, 4.69) is 63.2 Å². The number of hydrogen-bond acceptors (Lipinski definition) is 2. The lowest BCUT2D eigenvalue weighted by molar-refractivity contribution is 0.639. The van der Waals surface area contributed by atoms with Crippen LogP contribution >= 0.6 is 54.8 Å². The highest BCUT2D eigenvalue weighted by atomic mass is 79.9. The van der Waals surface area contributed by atoms with Gasteiger partial charge in [0.25, 0.3) is 0 Å². The Labute approximate surface area is 139 Å². The number of hydrogen-bond donors (Lipinski definition) is 1. The molecular weight excluding hydrogens is 409 g/mol. The Morgan fingerprint density at radius 2 is 2.05 bits per heavy atom. The van der Waals surface area contributed by atoms with Gasteiger partial charge in [-0.15, -0.1) is 11.3 Å². The molecule has 19 heavy (non-hydrogen) atoms. The summed E-state index contributed by atoms with van der Waals surface area (Å²) in [7, 11) is 0. The van der Waals surface area contributed by atoms with Gasteiger partial charge in [-0.25, -0.2) is 0 Å². The fourth-order valence-corrected chi connectivity index (χ4v) is 4.02. The molecule has 0 fully saturated rings. The topological polar surface area (TPSA) is 12.0 Å². The van der Waals surface area contributed by atoms with Crippen LogP contribution < -0.4 is 5.32 Å². The third kappa shape index (κ3) is 3.61. The first kappa shape index (κ1) is 15.5. The standard InChI is InChI=1S/C14H14Br2ClNS/c1-3-18-13(12-6-8(2)14(16)19-12)9-4-5-10(15)11(17)7-9/h4-7,13,18H,3H2,1-2H3. The highest BCUT2D eigenvalue weighted by molar-refractivity contribution is 9.11. The quantitative estimate of drug-likeness (QED) is 0.642. The molecule has 2 rings (SSSR count). The molecule has 5 heteroatoms. The van der Waals surface area contributed by atoms with Gasteiger partial charge in [0.15, 0.2) is 0 Å². The van der Waals surface area contributed by atoms with Crippen LogP contribution in [0.3, 0.4) is 0 Å². The Kier molecular flexibility index (Phi) is 5.49. The molecule has 0 aliphatic carbocycles. The van der Waals surface area contributed by atoms with Crippen LogP contribution in [-0.2, 0) is 0 Å². The summed E-state index contributed by atoms with van der Waals surface area (Å²) in [6.45, 7) is 5.14. The van der Waals surface area contributed by atoms with Gasteiger partial charge in [-0.1, -0.05) is 24.6 Å². The number of halogens is 3. The van der Waals surface area contributed by atoms with Gasteiger partial charge in [-0.05, 0) is 74.7 Å². The number of rotatable bonds is 4. The van der Waals surface area contributed by atoms with E-state index in [-0.39, 0.29) is 6.04 Å². The molecule has 0 saturated heterocycles. The summed E-state index contributed by atoms with van der Waals surface area (Å²) >= 11 is 15.0. The Hall–Kier alpha value is 0.130. The molecule has 1 N–H and O–H groups in total. The van der Waals surface area contributed by atoms with Crippen LogP contribution in [0.1, 0.15) is 29.0 Å². The summed E-state index contributed by atoms with van der Waals surface area (Å²) in [6, 6.07) is 8.52. The average Bonchev–Trinajstić information content (AvgIpc) is 2.70. The smallest absolute Gasteiger partial charge is 0.0731 e. The zero-order valence-corrected chi connectivity index (χ0v) is 15.4. The van der Waals surface area contributed by atoms with Crippen LogP contribution in [0.4, 0.5) is 0 Å². The van der Waals surface area contributed by atoms with E-state index in [0.29, 0.717) is 0 Å². The van der Waals surface area contributed by atoms with E-state index in [1.165, 1.54) is 19.8 Å². The second-order valence-electron chi connectivity index (χ2n) is 4.27. The third-order valence-electron chi connectivity index (χ3n) is 2.85. The minimum atomic E-state index is 0.186. The van der Waals surface area contributed by atoms with Crippen LogP contribution in [0.25, 0.3) is 0 Å². The third-order valence-corrected chi connectivity index (χ3v) is 6.28. The first-order valence-electron chi connectivity index (χ1n) is 5.97. The minimum Gasteiger partial charge on any atom is -0.306 e. The van der Waals surface area contributed by atoms with E-state index in [1.54, 1.807) is 11.3 Å². The van der Waals surface area contributed by atoms with E-state index in [1.807, 2.05) is 12.1 Å². The van der Waals surface area contributed by atoms with Gasteiger partial charge in [0.05, 0.1) is 14.9 Å². The molecule has 1 aromatic carbocycles. The Bertz CT molecular complexity index is 563. The predicted molar refractivity (Wildman–Crippen MR) is 91.4 cm³/mol. The van der Waals surface area contributed by atoms with E-state index in [9.17, 15) is 0 Å². The van der Waals surface area contributed by atoms with Crippen LogP contribution in [0, 0.1) is 6.92 Å². The SMILES string of the molecule is CCNC(c1ccc(Br)c(Cl)c1)c1cc(C)c(Br)s1. The summed E-state index contributed by atoms with van der Waals surface area (Å²) in [5, 5.41) is 4.26. The second kappa shape index (κ2) is 6.72. The fourth-order valence-electron chi connectivity index (χ4n) is 1.90. The Balaban J connectivity index is 2.41. The molecule has 1 atom stereocenters. The summed E-state index contributed by atoms with van der Waals surface area (Å²) in [5.74, 6) is 0. The largest absolute Gasteiger partial charge is 0.306 e. The summed E-state index contributed by atoms with van der Waals surface area (Å²) in [6.07, 6.45) is 0. The van der Waals surface area contributed by atoms with Crippen molar-refractivity contribution < 1.29 is 0 Å². The van der Waals surface area contributed by atoms with Crippen LogP contribution in [0.5, 0.6) is 0 Å². The molecule has 1 heterocycles. The molecule has 0 spiro atoms. The fraction of sp³-hybridized carbons (Fsp3) is 0.286. The first-order valence-corrected chi connectivity index (χ1v) is 8.75. The molecule has 2 aromatic rings. The highest BCUT2D eigenvalue weighted by Crippen LogP contribution is 2.36. The second-order valence-corrected chi connectivity index (χ2v) is 7.93. The Morgan fingerprint density at radius 3 is 2.58 bits per heavy atom. The molecule has 0 bridgehead atoms. The van der Waals surface area contributed by atoms with Crippen molar-refractivity contribution in [2.75, 3.05) is 6.54 Å². The summed E-state index contributed by atoms with van der Waals surface area (Å²) < 4.78 is 2.12. The maximum absolute atomic E-state index is 6.20. The van der Waals surface area contributed by atoms with Crippen LogP contribution in [-0.4, -0.2) is 6.54 Å². The van der Waals surface area contributed by atoms with Gasteiger partial charge < -0.3 is 5.32 Å². The van der Waals surface area contributed by atoms with Gasteiger partial charge in [0.1, 0.15) is 0 Å². The number of nitrogens with one attached hydrogen (secondary N) is 1. The lowest BCUT2D eigenvalue weighted by Gasteiger charge is -2.17. The van der Waals surface area contributed by atoms with Crippen molar-refractivity contribution in [1.29, 1.82) is 0 Å². The normalized spacial score (nSPS) is 12.7. The van der Waals surface area contributed by atoms with E-state index < -0.39 is 0 Å². The van der Waals surface area contributed by atoms with Crippen molar-refractivity contribution in [2.24, 2.45) is 0 Å². The molecule has 1 nitrogen and oxygen atoms in total. The Morgan fingerprint density at radius 1 is 1.32 bits per heavy atom. The van der Waals surface area contributed by atoms with E-state index >= 15 is 0 Å². The minimum absolute atomic E-state index is 0.186. The van der Waals surface area contributed by atoms with Crippen molar-refractivity contribution in [3.05, 3.63) is 53.6 Å². The van der Waals surface area contributed by atoms with Gasteiger partial charge in [0.2, 0.25) is 0 Å². The van der Waals surface area contributed by atoms with Crippen molar-refractivity contribution >= 4 is 54.8 Å². The van der Waals surface area contributed by atoms with Gasteiger partial charge in [-0.2, -0.15) is 0 Å².